The van der Waals surface area contributed by atoms with E-state index >= 15 is 0 Å². The van der Waals surface area contributed by atoms with E-state index in [0.717, 1.165) is 44.0 Å². The van der Waals surface area contributed by atoms with Gasteiger partial charge in [-0.3, -0.25) is 4.90 Å². The quantitative estimate of drug-likeness (QED) is 0.792. The second-order valence-electron chi connectivity index (χ2n) is 5.34. The lowest BCUT2D eigenvalue weighted by Gasteiger charge is -2.36. The van der Waals surface area contributed by atoms with Gasteiger partial charge >= 0.3 is 0 Å². The van der Waals surface area contributed by atoms with Crippen LogP contribution in [0.5, 0.6) is 0 Å². The van der Waals surface area contributed by atoms with Crippen LogP contribution < -0.4 is 4.90 Å². The Morgan fingerprint density at radius 3 is 2.50 bits per heavy atom. The van der Waals surface area contributed by atoms with E-state index in [1.165, 1.54) is 12.3 Å². The number of nitrogens with zero attached hydrogens (tertiary/aromatic N) is 3. The van der Waals surface area contributed by atoms with Crippen LogP contribution in [0.1, 0.15) is 5.56 Å². The van der Waals surface area contributed by atoms with Crippen molar-refractivity contribution in [3.8, 4) is 0 Å². The molecule has 6 heteroatoms. The minimum Gasteiger partial charge on any atom is -0.369 e. The van der Waals surface area contributed by atoms with Crippen molar-refractivity contribution in [2.45, 2.75) is 6.54 Å². The number of pyridine rings is 1. The van der Waals surface area contributed by atoms with Gasteiger partial charge in [-0.15, -0.1) is 0 Å². The van der Waals surface area contributed by atoms with E-state index in [4.69, 9.17) is 23.2 Å². The van der Waals surface area contributed by atoms with Gasteiger partial charge in [0.05, 0.1) is 0 Å². The summed E-state index contributed by atoms with van der Waals surface area (Å²) >= 11 is 12.1. The van der Waals surface area contributed by atoms with Gasteiger partial charge in [0.1, 0.15) is 0 Å². The second-order valence-corrected chi connectivity index (χ2v) is 6.18. The lowest BCUT2D eigenvalue weighted by atomic mass is 10.2. The first-order chi connectivity index (χ1) is 10.6. The molecule has 0 atom stereocenters. The molecule has 22 heavy (non-hydrogen) atoms. The summed E-state index contributed by atoms with van der Waals surface area (Å²) in [5.41, 5.74) is 1.96. The summed E-state index contributed by atoms with van der Waals surface area (Å²) in [6, 6.07) is 8.92. The van der Waals surface area contributed by atoms with E-state index in [9.17, 15) is 4.39 Å². The Morgan fingerprint density at radius 2 is 1.82 bits per heavy atom. The maximum absolute atomic E-state index is 13.2. The Kier molecular flexibility index (Phi) is 4.81. The molecule has 1 aromatic carbocycles. The highest BCUT2D eigenvalue weighted by molar-refractivity contribution is 6.35. The van der Waals surface area contributed by atoms with Gasteiger partial charge in [-0.1, -0.05) is 29.3 Å². The first kappa shape index (κ1) is 15.5. The molecule has 1 aromatic heterocycles. The van der Waals surface area contributed by atoms with Crippen molar-refractivity contribution in [3.63, 3.8) is 0 Å². The number of hydrogen-bond donors (Lipinski definition) is 0. The van der Waals surface area contributed by atoms with E-state index in [2.05, 4.69) is 14.8 Å². The molecule has 2 heterocycles. The van der Waals surface area contributed by atoms with Crippen LogP contribution in [0.4, 0.5) is 10.1 Å². The Balaban J connectivity index is 1.60. The van der Waals surface area contributed by atoms with Crippen molar-refractivity contribution >= 4 is 28.9 Å². The molecule has 3 rings (SSSR count). The average Bonchev–Trinajstić information content (AvgIpc) is 2.51. The van der Waals surface area contributed by atoms with Crippen molar-refractivity contribution in [1.29, 1.82) is 0 Å². The second kappa shape index (κ2) is 6.82. The number of anilines is 1. The van der Waals surface area contributed by atoms with Gasteiger partial charge in [0.2, 0.25) is 5.95 Å². The van der Waals surface area contributed by atoms with Gasteiger partial charge in [0, 0.05) is 60.7 Å². The Morgan fingerprint density at radius 1 is 1.05 bits per heavy atom. The SMILES string of the molecule is Fc1cc(N2CCN(Cc3ccc(Cl)cc3Cl)CC2)ccn1. The van der Waals surface area contributed by atoms with Crippen molar-refractivity contribution in [2.24, 2.45) is 0 Å². The standard InChI is InChI=1S/C16H16Cl2FN3/c17-13-2-1-12(15(18)9-13)11-21-5-7-22(8-6-21)14-3-4-20-16(19)10-14/h1-4,9-10H,5-8,11H2. The van der Waals surface area contributed by atoms with Crippen LogP contribution in [0.25, 0.3) is 0 Å². The van der Waals surface area contributed by atoms with Crippen LogP contribution in [0.15, 0.2) is 36.5 Å². The van der Waals surface area contributed by atoms with E-state index in [1.54, 1.807) is 6.07 Å². The first-order valence-corrected chi connectivity index (χ1v) is 7.90. The summed E-state index contributed by atoms with van der Waals surface area (Å²) in [6.45, 7) is 4.32. The molecule has 3 nitrogen and oxygen atoms in total. The minimum atomic E-state index is -0.437. The van der Waals surface area contributed by atoms with Gasteiger partial charge < -0.3 is 4.90 Å². The van der Waals surface area contributed by atoms with Gasteiger partial charge in [0.15, 0.2) is 0 Å². The molecule has 0 spiro atoms. The maximum atomic E-state index is 13.2. The van der Waals surface area contributed by atoms with Crippen LogP contribution in [-0.4, -0.2) is 36.1 Å². The Bertz CT molecular complexity index is 658. The summed E-state index contributed by atoms with van der Waals surface area (Å²) in [6.07, 6.45) is 1.50. The van der Waals surface area contributed by atoms with E-state index in [1.807, 2.05) is 18.2 Å². The summed E-state index contributed by atoms with van der Waals surface area (Å²) in [5, 5.41) is 1.35. The molecule has 0 aliphatic carbocycles. The number of halogens is 3. The van der Waals surface area contributed by atoms with E-state index in [0.29, 0.717) is 10.0 Å². The largest absolute Gasteiger partial charge is 0.369 e. The molecule has 0 N–H and O–H groups in total. The van der Waals surface area contributed by atoms with Gasteiger partial charge in [-0.25, -0.2) is 4.98 Å². The van der Waals surface area contributed by atoms with Crippen molar-refractivity contribution in [3.05, 3.63) is 58.1 Å². The summed E-state index contributed by atoms with van der Waals surface area (Å²) in [5.74, 6) is -0.437. The third kappa shape index (κ3) is 3.69. The smallest absolute Gasteiger partial charge is 0.214 e. The number of piperazine rings is 1. The van der Waals surface area contributed by atoms with Crippen LogP contribution in [-0.2, 0) is 6.54 Å². The third-order valence-corrected chi connectivity index (χ3v) is 4.44. The fourth-order valence-corrected chi connectivity index (χ4v) is 3.11. The zero-order valence-corrected chi connectivity index (χ0v) is 13.5. The van der Waals surface area contributed by atoms with Gasteiger partial charge in [-0.2, -0.15) is 4.39 Å². The average molecular weight is 340 g/mol. The fraction of sp³-hybridized carbons (Fsp3) is 0.312. The number of benzene rings is 1. The van der Waals surface area contributed by atoms with Crippen LogP contribution >= 0.6 is 23.2 Å². The molecule has 0 unspecified atom stereocenters. The molecule has 0 radical (unpaired) electrons. The van der Waals surface area contributed by atoms with Crippen molar-refractivity contribution < 1.29 is 4.39 Å². The van der Waals surface area contributed by atoms with Crippen LogP contribution in [0.2, 0.25) is 10.0 Å². The monoisotopic (exact) mass is 339 g/mol. The normalized spacial score (nSPS) is 16.0. The van der Waals surface area contributed by atoms with Crippen LogP contribution in [0, 0.1) is 5.95 Å². The topological polar surface area (TPSA) is 19.4 Å². The lowest BCUT2D eigenvalue weighted by Crippen LogP contribution is -2.46. The van der Waals surface area contributed by atoms with E-state index < -0.39 is 5.95 Å². The summed E-state index contributed by atoms with van der Waals surface area (Å²) in [7, 11) is 0. The molecular weight excluding hydrogens is 324 g/mol. The molecule has 2 aromatic rings. The summed E-state index contributed by atoms with van der Waals surface area (Å²) < 4.78 is 13.2. The first-order valence-electron chi connectivity index (χ1n) is 7.14. The molecular formula is C16H16Cl2FN3. The molecule has 1 saturated heterocycles. The lowest BCUT2D eigenvalue weighted by molar-refractivity contribution is 0.250. The number of hydrogen-bond acceptors (Lipinski definition) is 3. The van der Waals surface area contributed by atoms with E-state index in [-0.39, 0.29) is 0 Å². The van der Waals surface area contributed by atoms with Crippen LogP contribution in [0.3, 0.4) is 0 Å². The maximum Gasteiger partial charge on any atom is 0.214 e. The number of rotatable bonds is 3. The molecule has 1 fully saturated rings. The molecule has 1 aliphatic rings. The molecule has 0 amide bonds. The highest BCUT2D eigenvalue weighted by atomic mass is 35.5. The zero-order valence-electron chi connectivity index (χ0n) is 12.0. The fourth-order valence-electron chi connectivity index (χ4n) is 2.64. The highest BCUT2D eigenvalue weighted by Gasteiger charge is 2.18. The Labute approximate surface area is 139 Å². The predicted octanol–water partition coefficient (Wildman–Crippen LogP) is 3.85. The van der Waals surface area contributed by atoms with Gasteiger partial charge in [-0.05, 0) is 23.8 Å². The minimum absolute atomic E-state index is 0.437. The number of aromatic nitrogens is 1. The molecule has 1 aliphatic heterocycles. The third-order valence-electron chi connectivity index (χ3n) is 3.86. The summed E-state index contributed by atoms with van der Waals surface area (Å²) in [4.78, 5) is 8.10. The van der Waals surface area contributed by atoms with Crippen molar-refractivity contribution in [1.82, 2.24) is 9.88 Å². The molecule has 116 valence electrons. The Hall–Kier alpha value is -1.36. The van der Waals surface area contributed by atoms with Gasteiger partial charge in [0.25, 0.3) is 0 Å². The van der Waals surface area contributed by atoms with Crippen molar-refractivity contribution in [2.75, 3.05) is 31.1 Å². The predicted molar refractivity (Wildman–Crippen MR) is 88.1 cm³/mol. The highest BCUT2D eigenvalue weighted by Crippen LogP contribution is 2.23. The molecule has 0 bridgehead atoms. The zero-order chi connectivity index (χ0) is 15.5. The molecule has 0 saturated carbocycles.